The number of rotatable bonds is 2. The molecule has 0 atom stereocenters. The van der Waals surface area contributed by atoms with Crippen LogP contribution in [0.4, 0.5) is 4.79 Å². The number of aromatic nitrogens is 2. The summed E-state index contributed by atoms with van der Waals surface area (Å²) in [5.74, 6) is 0. The molecule has 0 aliphatic carbocycles. The van der Waals surface area contributed by atoms with Crippen LogP contribution in [0.1, 0.15) is 26.5 Å². The summed E-state index contributed by atoms with van der Waals surface area (Å²) in [6.07, 6.45) is 3.58. The number of imidazole rings is 1. The largest absolute Gasteiger partial charge is 0.443 e. The molecular weight excluding hydrogens is 260 g/mol. The number of hydrogen-bond acceptors (Lipinski definition) is 3. The van der Waals surface area contributed by atoms with E-state index in [0.29, 0.717) is 0 Å². The standard InChI is InChI=1S/C10H15BrN2O2/c1-10(2,3)15-9(14)13-6-8(4-5-11)12-7-13/h6-7H,4-5H2,1-3H3. The molecule has 1 aromatic heterocycles. The van der Waals surface area contributed by atoms with Gasteiger partial charge >= 0.3 is 6.09 Å². The lowest BCUT2D eigenvalue weighted by molar-refractivity contribution is 0.0536. The van der Waals surface area contributed by atoms with E-state index in [2.05, 4.69) is 20.9 Å². The lowest BCUT2D eigenvalue weighted by atomic mass is 10.2. The lowest BCUT2D eigenvalue weighted by Crippen LogP contribution is -2.26. The van der Waals surface area contributed by atoms with Gasteiger partial charge in [0.15, 0.2) is 0 Å². The molecular formula is C10H15BrN2O2. The minimum atomic E-state index is -0.475. The first-order valence-electron chi connectivity index (χ1n) is 4.74. The Kier molecular flexibility index (Phi) is 3.90. The van der Waals surface area contributed by atoms with Gasteiger partial charge in [0.05, 0.1) is 5.69 Å². The normalized spacial score (nSPS) is 11.5. The number of halogens is 1. The van der Waals surface area contributed by atoms with Gasteiger partial charge in [0.25, 0.3) is 0 Å². The zero-order valence-electron chi connectivity index (χ0n) is 9.16. The summed E-state index contributed by atoms with van der Waals surface area (Å²) in [5, 5.41) is 0.832. The van der Waals surface area contributed by atoms with Crippen LogP contribution in [-0.2, 0) is 11.2 Å². The second-order valence-corrected chi connectivity index (χ2v) is 4.98. The van der Waals surface area contributed by atoms with Gasteiger partial charge in [-0.2, -0.15) is 0 Å². The molecule has 0 bridgehead atoms. The average molecular weight is 275 g/mol. The fraction of sp³-hybridized carbons (Fsp3) is 0.600. The first-order chi connectivity index (χ1) is 6.92. The van der Waals surface area contributed by atoms with E-state index in [1.807, 2.05) is 20.8 Å². The van der Waals surface area contributed by atoms with Crippen LogP contribution in [0.15, 0.2) is 12.5 Å². The van der Waals surface area contributed by atoms with Gasteiger partial charge in [0.2, 0.25) is 0 Å². The van der Waals surface area contributed by atoms with E-state index in [1.54, 1.807) is 6.20 Å². The van der Waals surface area contributed by atoms with Crippen LogP contribution in [0, 0.1) is 0 Å². The van der Waals surface area contributed by atoms with Gasteiger partial charge in [-0.1, -0.05) is 15.9 Å². The minimum Gasteiger partial charge on any atom is -0.443 e. The zero-order valence-corrected chi connectivity index (χ0v) is 10.7. The summed E-state index contributed by atoms with van der Waals surface area (Å²) in [6, 6.07) is 0. The molecule has 1 aromatic rings. The monoisotopic (exact) mass is 274 g/mol. The first-order valence-corrected chi connectivity index (χ1v) is 5.87. The topological polar surface area (TPSA) is 44.1 Å². The molecule has 1 heterocycles. The number of carbonyl (C=O) groups excluding carboxylic acids is 1. The molecule has 15 heavy (non-hydrogen) atoms. The molecule has 0 fully saturated rings. The van der Waals surface area contributed by atoms with Crippen molar-refractivity contribution in [3.05, 3.63) is 18.2 Å². The molecule has 4 nitrogen and oxygen atoms in total. The van der Waals surface area contributed by atoms with Crippen molar-refractivity contribution in [1.29, 1.82) is 0 Å². The summed E-state index contributed by atoms with van der Waals surface area (Å²) in [6.45, 7) is 5.50. The van der Waals surface area contributed by atoms with Crippen molar-refractivity contribution in [3.8, 4) is 0 Å². The highest BCUT2D eigenvalue weighted by molar-refractivity contribution is 9.09. The van der Waals surface area contributed by atoms with Gasteiger partial charge in [-0.05, 0) is 20.8 Å². The van der Waals surface area contributed by atoms with E-state index in [4.69, 9.17) is 4.74 Å². The maximum atomic E-state index is 11.6. The van der Waals surface area contributed by atoms with Gasteiger partial charge in [-0.15, -0.1) is 0 Å². The highest BCUT2D eigenvalue weighted by atomic mass is 79.9. The Labute approximate surface area is 97.8 Å². The third-order valence-corrected chi connectivity index (χ3v) is 1.99. The van der Waals surface area contributed by atoms with Crippen LogP contribution < -0.4 is 0 Å². The average Bonchev–Trinajstić information content (AvgIpc) is 2.50. The molecule has 0 aliphatic rings. The molecule has 0 aliphatic heterocycles. The van der Waals surface area contributed by atoms with Gasteiger partial charge < -0.3 is 4.74 Å². The van der Waals surface area contributed by atoms with E-state index in [1.165, 1.54) is 10.9 Å². The zero-order chi connectivity index (χ0) is 11.5. The Morgan fingerprint density at radius 3 is 2.80 bits per heavy atom. The first kappa shape index (κ1) is 12.2. The summed E-state index contributed by atoms with van der Waals surface area (Å²) < 4.78 is 6.55. The van der Waals surface area contributed by atoms with Crippen LogP contribution in [0.25, 0.3) is 0 Å². The highest BCUT2D eigenvalue weighted by Gasteiger charge is 2.17. The SMILES string of the molecule is CC(C)(C)OC(=O)n1cnc(CCBr)c1. The predicted molar refractivity (Wildman–Crippen MR) is 61.4 cm³/mol. The third kappa shape index (κ3) is 4.03. The Hall–Kier alpha value is -0.840. The summed E-state index contributed by atoms with van der Waals surface area (Å²) in [4.78, 5) is 15.7. The van der Waals surface area contributed by atoms with E-state index < -0.39 is 11.7 Å². The maximum Gasteiger partial charge on any atom is 0.419 e. The van der Waals surface area contributed by atoms with E-state index in [9.17, 15) is 4.79 Å². The predicted octanol–water partition coefficient (Wildman–Crippen LogP) is 2.60. The molecule has 0 unspecified atom stereocenters. The van der Waals surface area contributed by atoms with E-state index in [-0.39, 0.29) is 0 Å². The van der Waals surface area contributed by atoms with Gasteiger partial charge in [0, 0.05) is 17.9 Å². The second kappa shape index (κ2) is 4.79. The van der Waals surface area contributed by atoms with Crippen LogP contribution in [0.2, 0.25) is 0 Å². The number of aryl methyl sites for hydroxylation is 1. The molecule has 0 amide bonds. The molecule has 0 radical (unpaired) electrons. The van der Waals surface area contributed by atoms with E-state index >= 15 is 0 Å². The summed E-state index contributed by atoms with van der Waals surface area (Å²) in [7, 11) is 0. The van der Waals surface area contributed by atoms with Gasteiger partial charge in [0.1, 0.15) is 11.9 Å². The molecule has 0 saturated heterocycles. The van der Waals surface area contributed by atoms with Crippen LogP contribution >= 0.6 is 15.9 Å². The van der Waals surface area contributed by atoms with Crippen LogP contribution in [0.3, 0.4) is 0 Å². The molecule has 1 rings (SSSR count). The Bertz CT molecular complexity index is 341. The molecule has 84 valence electrons. The van der Waals surface area contributed by atoms with Crippen molar-refractivity contribution in [1.82, 2.24) is 9.55 Å². The molecule has 0 aromatic carbocycles. The summed E-state index contributed by atoms with van der Waals surface area (Å²) in [5.41, 5.74) is 0.398. The van der Waals surface area contributed by atoms with Crippen molar-refractivity contribution < 1.29 is 9.53 Å². The van der Waals surface area contributed by atoms with Crippen molar-refractivity contribution >= 4 is 22.0 Å². The van der Waals surface area contributed by atoms with Crippen LogP contribution in [0.5, 0.6) is 0 Å². The number of nitrogens with zero attached hydrogens (tertiary/aromatic N) is 2. The maximum absolute atomic E-state index is 11.6. The molecule has 0 spiro atoms. The quantitative estimate of drug-likeness (QED) is 0.779. The number of ether oxygens (including phenoxy) is 1. The van der Waals surface area contributed by atoms with Crippen LogP contribution in [-0.4, -0.2) is 26.6 Å². The third-order valence-electron chi connectivity index (χ3n) is 1.59. The Balaban J connectivity index is 2.66. The fourth-order valence-electron chi connectivity index (χ4n) is 1.00. The second-order valence-electron chi connectivity index (χ2n) is 4.19. The van der Waals surface area contributed by atoms with E-state index in [0.717, 1.165) is 17.4 Å². The van der Waals surface area contributed by atoms with Crippen molar-refractivity contribution in [2.45, 2.75) is 32.8 Å². The van der Waals surface area contributed by atoms with Gasteiger partial charge in [-0.25, -0.2) is 14.3 Å². The van der Waals surface area contributed by atoms with Gasteiger partial charge in [-0.3, -0.25) is 0 Å². The smallest absolute Gasteiger partial charge is 0.419 e. The molecule has 0 N–H and O–H groups in total. The fourth-order valence-corrected chi connectivity index (χ4v) is 1.41. The molecule has 0 saturated carbocycles. The van der Waals surface area contributed by atoms with Crippen molar-refractivity contribution in [3.63, 3.8) is 0 Å². The summed E-state index contributed by atoms with van der Waals surface area (Å²) >= 11 is 3.32. The minimum absolute atomic E-state index is 0.393. The molecule has 5 heteroatoms. The Morgan fingerprint density at radius 1 is 1.60 bits per heavy atom. The number of carbonyl (C=O) groups is 1. The Morgan fingerprint density at radius 2 is 2.27 bits per heavy atom. The highest BCUT2D eigenvalue weighted by Crippen LogP contribution is 2.09. The lowest BCUT2D eigenvalue weighted by Gasteiger charge is -2.19. The number of alkyl halides is 1. The van der Waals surface area contributed by atoms with Crippen molar-refractivity contribution in [2.75, 3.05) is 5.33 Å². The number of hydrogen-bond donors (Lipinski definition) is 0. The van der Waals surface area contributed by atoms with Crippen molar-refractivity contribution in [2.24, 2.45) is 0 Å².